The Morgan fingerprint density at radius 2 is 1.97 bits per heavy atom. The molecule has 32 heavy (non-hydrogen) atoms. The van der Waals surface area contributed by atoms with E-state index in [-0.39, 0.29) is 18.0 Å². The number of ether oxygens (including phenoxy) is 3. The van der Waals surface area contributed by atoms with Gasteiger partial charge in [0, 0.05) is 31.0 Å². The molecule has 3 aromatic rings. The van der Waals surface area contributed by atoms with Crippen LogP contribution in [0.4, 0.5) is 0 Å². The average molecular weight is 437 g/mol. The summed E-state index contributed by atoms with van der Waals surface area (Å²) in [5.41, 5.74) is 3.87. The van der Waals surface area contributed by atoms with E-state index in [4.69, 9.17) is 18.6 Å². The summed E-state index contributed by atoms with van der Waals surface area (Å²) in [4.78, 5) is 26.2. The molecule has 0 saturated heterocycles. The van der Waals surface area contributed by atoms with Crippen LogP contribution >= 0.6 is 0 Å². The number of carbonyl (C=O) groups excluding carboxylic acids is 1. The van der Waals surface area contributed by atoms with Crippen molar-refractivity contribution in [3.05, 3.63) is 69.1 Å². The molecule has 0 radical (unpaired) electrons. The molecule has 0 N–H and O–H groups in total. The van der Waals surface area contributed by atoms with Gasteiger partial charge in [-0.1, -0.05) is 12.1 Å². The second-order valence-electron chi connectivity index (χ2n) is 7.88. The molecule has 1 aliphatic heterocycles. The lowest BCUT2D eigenvalue weighted by Gasteiger charge is -2.31. The molecule has 0 atom stereocenters. The van der Waals surface area contributed by atoms with Crippen molar-refractivity contribution in [2.24, 2.45) is 0 Å². The lowest BCUT2D eigenvalue weighted by Crippen LogP contribution is -2.32. The van der Waals surface area contributed by atoms with Crippen LogP contribution in [0.2, 0.25) is 0 Å². The summed E-state index contributed by atoms with van der Waals surface area (Å²) in [6, 6.07) is 11.4. The zero-order chi connectivity index (χ0) is 22.7. The first-order valence-electron chi connectivity index (χ1n) is 10.7. The van der Waals surface area contributed by atoms with Gasteiger partial charge in [-0.25, -0.2) is 4.79 Å². The molecule has 7 nitrogen and oxygen atoms in total. The summed E-state index contributed by atoms with van der Waals surface area (Å²) in [7, 11) is 1.64. The molecule has 168 valence electrons. The van der Waals surface area contributed by atoms with Gasteiger partial charge in [0.05, 0.1) is 19.3 Å². The van der Waals surface area contributed by atoms with E-state index in [1.165, 1.54) is 6.07 Å². The minimum atomic E-state index is -0.385. The Morgan fingerprint density at radius 1 is 1.19 bits per heavy atom. The van der Waals surface area contributed by atoms with E-state index >= 15 is 0 Å². The van der Waals surface area contributed by atoms with Crippen molar-refractivity contribution in [1.29, 1.82) is 0 Å². The molecular weight excluding hydrogens is 410 g/mol. The fourth-order valence-electron chi connectivity index (χ4n) is 4.05. The highest BCUT2D eigenvalue weighted by molar-refractivity contribution is 5.86. The zero-order valence-electron chi connectivity index (χ0n) is 18.6. The monoisotopic (exact) mass is 437 g/mol. The number of fused-ring (bicyclic) bond motifs is 3. The van der Waals surface area contributed by atoms with Gasteiger partial charge in [-0.2, -0.15) is 0 Å². The van der Waals surface area contributed by atoms with E-state index in [1.807, 2.05) is 37.3 Å². The SMILES string of the molecule is CCOC(=O)CCc1cc2c(C)cc(=O)oc2c2c1OCN(Cc1ccc(OC)cc1)C2. The van der Waals surface area contributed by atoms with E-state index in [0.29, 0.717) is 44.2 Å². The molecule has 1 aliphatic rings. The largest absolute Gasteiger partial charge is 0.497 e. The van der Waals surface area contributed by atoms with Crippen molar-refractivity contribution in [2.75, 3.05) is 20.4 Å². The lowest BCUT2D eigenvalue weighted by atomic mass is 9.97. The van der Waals surface area contributed by atoms with E-state index in [1.54, 1.807) is 14.0 Å². The van der Waals surface area contributed by atoms with Gasteiger partial charge in [-0.15, -0.1) is 0 Å². The molecule has 0 saturated carbocycles. The normalized spacial score (nSPS) is 13.5. The van der Waals surface area contributed by atoms with E-state index in [9.17, 15) is 9.59 Å². The maximum Gasteiger partial charge on any atom is 0.336 e. The molecule has 0 aliphatic carbocycles. The number of esters is 1. The third-order valence-corrected chi connectivity index (χ3v) is 5.61. The van der Waals surface area contributed by atoms with Gasteiger partial charge in [0.1, 0.15) is 23.8 Å². The standard InChI is InChI=1S/C25H27NO6/c1-4-30-22(27)10-7-18-12-20-16(2)11-23(28)32-25(20)21-14-26(15-31-24(18)21)13-17-5-8-19(29-3)9-6-17/h5-6,8-9,11-12H,4,7,10,13-15H2,1-3H3. The van der Waals surface area contributed by atoms with E-state index in [2.05, 4.69) is 4.90 Å². The summed E-state index contributed by atoms with van der Waals surface area (Å²) >= 11 is 0. The second-order valence-corrected chi connectivity index (χ2v) is 7.88. The van der Waals surface area contributed by atoms with Crippen LogP contribution in [0.1, 0.15) is 35.6 Å². The van der Waals surface area contributed by atoms with Gasteiger partial charge < -0.3 is 18.6 Å². The Morgan fingerprint density at radius 3 is 2.69 bits per heavy atom. The highest BCUT2D eigenvalue weighted by atomic mass is 16.5. The molecule has 0 fully saturated rings. The zero-order valence-corrected chi connectivity index (χ0v) is 18.6. The predicted octanol–water partition coefficient (Wildman–Crippen LogP) is 3.96. The minimum absolute atomic E-state index is 0.241. The first-order chi connectivity index (χ1) is 15.5. The van der Waals surface area contributed by atoms with Crippen LogP contribution in [0.15, 0.2) is 45.6 Å². The van der Waals surface area contributed by atoms with Gasteiger partial charge >= 0.3 is 11.6 Å². The average Bonchev–Trinajstić information content (AvgIpc) is 2.78. The first kappa shape index (κ1) is 21.9. The number of carbonyl (C=O) groups is 1. The molecule has 4 rings (SSSR count). The van der Waals surface area contributed by atoms with E-state index < -0.39 is 0 Å². The highest BCUT2D eigenvalue weighted by Crippen LogP contribution is 2.37. The van der Waals surface area contributed by atoms with Crippen LogP contribution in [0, 0.1) is 6.92 Å². The molecule has 0 amide bonds. The summed E-state index contributed by atoms with van der Waals surface area (Å²) < 4.78 is 22.1. The smallest absolute Gasteiger partial charge is 0.336 e. The van der Waals surface area contributed by atoms with Gasteiger partial charge in [0.15, 0.2) is 0 Å². The molecule has 0 spiro atoms. The number of rotatable bonds is 7. The number of hydrogen-bond acceptors (Lipinski definition) is 7. The van der Waals surface area contributed by atoms with Crippen LogP contribution in [0.3, 0.4) is 0 Å². The molecule has 2 heterocycles. The molecular formula is C25H27NO6. The number of nitrogens with zero attached hydrogens (tertiary/aromatic N) is 1. The van der Waals surface area contributed by atoms with E-state index in [0.717, 1.165) is 33.4 Å². The number of benzene rings is 2. The second kappa shape index (κ2) is 9.44. The molecule has 7 heteroatoms. The van der Waals surface area contributed by atoms with Gasteiger partial charge in [-0.05, 0) is 55.2 Å². The topological polar surface area (TPSA) is 78.2 Å². The summed E-state index contributed by atoms with van der Waals surface area (Å²) in [6.07, 6.45) is 0.759. The third kappa shape index (κ3) is 4.62. The Kier molecular flexibility index (Phi) is 6.46. The van der Waals surface area contributed by atoms with Gasteiger partial charge in [0.2, 0.25) is 0 Å². The van der Waals surface area contributed by atoms with Crippen molar-refractivity contribution in [1.82, 2.24) is 4.90 Å². The number of aryl methyl sites for hydroxylation is 2. The Hall–Kier alpha value is -3.32. The number of methoxy groups -OCH3 is 1. The predicted molar refractivity (Wildman–Crippen MR) is 120 cm³/mol. The van der Waals surface area contributed by atoms with Gasteiger partial charge in [-0.3, -0.25) is 9.69 Å². The van der Waals surface area contributed by atoms with Crippen molar-refractivity contribution in [3.8, 4) is 11.5 Å². The Labute approximate surface area is 186 Å². The van der Waals surface area contributed by atoms with Gasteiger partial charge in [0.25, 0.3) is 0 Å². The summed E-state index contributed by atoms with van der Waals surface area (Å²) in [6.45, 7) is 5.68. The van der Waals surface area contributed by atoms with Crippen LogP contribution in [0.25, 0.3) is 11.0 Å². The quantitative estimate of drug-likeness (QED) is 0.409. The fourth-order valence-corrected chi connectivity index (χ4v) is 4.05. The molecule has 1 aromatic heterocycles. The third-order valence-electron chi connectivity index (χ3n) is 5.61. The van der Waals surface area contributed by atoms with Crippen LogP contribution in [-0.4, -0.2) is 31.3 Å². The number of hydrogen-bond donors (Lipinski definition) is 0. The fraction of sp³-hybridized carbons (Fsp3) is 0.360. The van der Waals surface area contributed by atoms with Crippen molar-refractivity contribution in [3.63, 3.8) is 0 Å². The van der Waals surface area contributed by atoms with Crippen LogP contribution in [-0.2, 0) is 29.0 Å². The summed E-state index contributed by atoms with van der Waals surface area (Å²) in [5, 5.41) is 0.858. The first-order valence-corrected chi connectivity index (χ1v) is 10.7. The highest BCUT2D eigenvalue weighted by Gasteiger charge is 2.25. The minimum Gasteiger partial charge on any atom is -0.497 e. The maximum absolute atomic E-state index is 12.1. The maximum atomic E-state index is 12.1. The van der Waals surface area contributed by atoms with Crippen molar-refractivity contribution < 1.29 is 23.4 Å². The van der Waals surface area contributed by atoms with Crippen LogP contribution in [0.5, 0.6) is 11.5 Å². The van der Waals surface area contributed by atoms with Crippen molar-refractivity contribution in [2.45, 2.75) is 39.8 Å². The molecule has 0 bridgehead atoms. The lowest BCUT2D eigenvalue weighted by molar-refractivity contribution is -0.143. The van der Waals surface area contributed by atoms with Crippen LogP contribution < -0.4 is 15.1 Å². The molecule has 2 aromatic carbocycles. The Bertz CT molecular complexity index is 1180. The Balaban J connectivity index is 1.67. The van der Waals surface area contributed by atoms with Crippen molar-refractivity contribution >= 4 is 16.9 Å². The molecule has 0 unspecified atom stereocenters. The summed E-state index contributed by atoms with van der Waals surface area (Å²) in [5.74, 6) is 1.26.